The molecule has 0 radical (unpaired) electrons. The Morgan fingerprint density at radius 1 is 1.20 bits per heavy atom. The summed E-state index contributed by atoms with van der Waals surface area (Å²) in [5.41, 5.74) is 2.16. The van der Waals surface area contributed by atoms with Gasteiger partial charge >= 0.3 is 0 Å². The molecule has 0 aliphatic carbocycles. The number of hydrogen-bond acceptors (Lipinski definition) is 5. The van der Waals surface area contributed by atoms with Gasteiger partial charge in [-0.15, -0.1) is 0 Å². The number of morpholine rings is 1. The summed E-state index contributed by atoms with van der Waals surface area (Å²) < 4.78 is 5.38. The highest BCUT2D eigenvalue weighted by molar-refractivity contribution is 6.31. The molecule has 4 rings (SSSR count). The fourth-order valence-electron chi connectivity index (χ4n) is 3.60. The molecule has 0 spiro atoms. The Morgan fingerprint density at radius 2 is 1.97 bits per heavy atom. The zero-order valence-corrected chi connectivity index (χ0v) is 17.1. The van der Waals surface area contributed by atoms with Crippen molar-refractivity contribution < 1.29 is 9.53 Å². The lowest BCUT2D eigenvalue weighted by atomic mass is 10.0. The van der Waals surface area contributed by atoms with E-state index in [0.29, 0.717) is 60.0 Å². The minimum Gasteiger partial charge on any atom is -0.378 e. The maximum Gasteiger partial charge on any atom is 0.245 e. The summed E-state index contributed by atoms with van der Waals surface area (Å²) >= 11 is 6.08. The second-order valence-corrected chi connectivity index (χ2v) is 7.59. The van der Waals surface area contributed by atoms with Gasteiger partial charge in [-0.25, -0.2) is 4.98 Å². The minimum atomic E-state index is -0.505. The summed E-state index contributed by atoms with van der Waals surface area (Å²) in [6.45, 7) is 2.21. The van der Waals surface area contributed by atoms with Crippen LogP contribution in [0.2, 0.25) is 5.02 Å². The third-order valence-electron chi connectivity index (χ3n) is 5.12. The average Bonchev–Trinajstić information content (AvgIpc) is 2.79. The number of halogens is 1. The predicted octanol–water partition coefficient (Wildman–Crippen LogP) is 3.64. The van der Waals surface area contributed by atoms with Crippen molar-refractivity contribution in [2.75, 3.05) is 31.6 Å². The molecule has 1 fully saturated rings. The number of anilines is 1. The number of pyridine rings is 1. The van der Waals surface area contributed by atoms with Gasteiger partial charge in [-0.3, -0.25) is 4.79 Å². The summed E-state index contributed by atoms with van der Waals surface area (Å²) in [4.78, 5) is 19.7. The van der Waals surface area contributed by atoms with Crippen LogP contribution in [0, 0.1) is 11.3 Å². The van der Waals surface area contributed by atoms with Crippen molar-refractivity contribution in [1.29, 1.82) is 5.26 Å². The monoisotopic (exact) mass is 420 g/mol. The second kappa shape index (κ2) is 9.12. The Hall–Kier alpha value is -3.14. The van der Waals surface area contributed by atoms with Crippen LogP contribution in [0.1, 0.15) is 11.1 Å². The summed E-state index contributed by atoms with van der Waals surface area (Å²) in [6.07, 6.45) is 0.513. The van der Waals surface area contributed by atoms with Crippen LogP contribution in [0.25, 0.3) is 10.9 Å². The lowest BCUT2D eigenvalue weighted by molar-refractivity contribution is -0.136. The van der Waals surface area contributed by atoms with E-state index in [0.717, 1.165) is 5.56 Å². The van der Waals surface area contributed by atoms with Crippen molar-refractivity contribution in [2.24, 2.45) is 0 Å². The van der Waals surface area contributed by atoms with E-state index in [2.05, 4.69) is 16.4 Å². The number of fused-ring (bicyclic) bond motifs is 1. The van der Waals surface area contributed by atoms with Crippen molar-refractivity contribution in [1.82, 2.24) is 9.88 Å². The smallest absolute Gasteiger partial charge is 0.245 e. The third kappa shape index (κ3) is 4.54. The van der Waals surface area contributed by atoms with Crippen molar-refractivity contribution in [3.05, 3.63) is 70.7 Å². The fourth-order valence-corrected chi connectivity index (χ4v) is 3.77. The first-order valence-corrected chi connectivity index (χ1v) is 10.2. The molecule has 152 valence electrons. The topological polar surface area (TPSA) is 78.2 Å². The van der Waals surface area contributed by atoms with Gasteiger partial charge in [0.1, 0.15) is 11.9 Å². The molecular formula is C23H21ClN4O2. The maximum atomic E-state index is 13.3. The molecule has 1 aliphatic heterocycles. The van der Waals surface area contributed by atoms with E-state index < -0.39 is 6.04 Å². The van der Waals surface area contributed by atoms with Crippen molar-refractivity contribution >= 4 is 34.2 Å². The van der Waals surface area contributed by atoms with Crippen LogP contribution in [0.4, 0.5) is 5.82 Å². The van der Waals surface area contributed by atoms with Crippen LogP contribution in [0.3, 0.4) is 0 Å². The molecule has 1 saturated heterocycles. The van der Waals surface area contributed by atoms with E-state index >= 15 is 0 Å². The van der Waals surface area contributed by atoms with E-state index in [1.807, 2.05) is 35.2 Å². The molecule has 1 aliphatic rings. The molecule has 1 aromatic heterocycles. The summed E-state index contributed by atoms with van der Waals surface area (Å²) in [7, 11) is 0. The van der Waals surface area contributed by atoms with Crippen molar-refractivity contribution in [3.8, 4) is 6.07 Å². The van der Waals surface area contributed by atoms with E-state index in [4.69, 9.17) is 16.3 Å². The molecule has 1 amide bonds. The standard InChI is InChI=1S/C23H21ClN4O2/c24-18-6-7-20-19(14-18)17(15-25)13-22(26-20)27-21(12-16-4-2-1-3-5-16)23(29)28-8-10-30-11-9-28/h1-7,13-14,21H,8-12H2,(H,26,27). The second-order valence-electron chi connectivity index (χ2n) is 7.15. The SMILES string of the molecule is N#Cc1cc(NC(Cc2ccccc2)C(=O)N2CCOCC2)nc2ccc(Cl)cc12. The summed E-state index contributed by atoms with van der Waals surface area (Å²) in [5.74, 6) is 0.488. The molecule has 6 nitrogen and oxygen atoms in total. The van der Waals surface area contributed by atoms with Gasteiger partial charge < -0.3 is 15.0 Å². The lowest BCUT2D eigenvalue weighted by Crippen LogP contribution is -2.48. The van der Waals surface area contributed by atoms with Crippen molar-refractivity contribution in [3.63, 3.8) is 0 Å². The van der Waals surface area contributed by atoms with Crippen LogP contribution < -0.4 is 5.32 Å². The van der Waals surface area contributed by atoms with E-state index in [-0.39, 0.29) is 5.91 Å². The first-order valence-electron chi connectivity index (χ1n) is 9.81. The van der Waals surface area contributed by atoms with E-state index in [1.165, 1.54) is 0 Å². The van der Waals surface area contributed by atoms with E-state index in [1.54, 1.807) is 24.3 Å². The van der Waals surface area contributed by atoms with Crippen molar-refractivity contribution in [2.45, 2.75) is 12.5 Å². The quantitative estimate of drug-likeness (QED) is 0.681. The van der Waals surface area contributed by atoms with Gasteiger partial charge in [-0.2, -0.15) is 5.26 Å². The first kappa shape index (κ1) is 20.1. The van der Waals surface area contributed by atoms with E-state index in [9.17, 15) is 10.1 Å². The van der Waals surface area contributed by atoms with Gasteiger partial charge in [0, 0.05) is 29.9 Å². The Labute approximate surface area is 180 Å². The highest BCUT2D eigenvalue weighted by Gasteiger charge is 2.26. The van der Waals surface area contributed by atoms with Crippen LogP contribution >= 0.6 is 11.6 Å². The highest BCUT2D eigenvalue weighted by Crippen LogP contribution is 2.24. The molecule has 2 heterocycles. The number of rotatable bonds is 5. The van der Waals surface area contributed by atoms with Crippen LogP contribution in [0.15, 0.2) is 54.6 Å². The third-order valence-corrected chi connectivity index (χ3v) is 5.35. The molecule has 7 heteroatoms. The highest BCUT2D eigenvalue weighted by atomic mass is 35.5. The van der Waals surface area contributed by atoms with Gasteiger partial charge in [-0.05, 0) is 29.8 Å². The molecule has 3 aromatic rings. The molecule has 2 aromatic carbocycles. The number of nitriles is 1. The summed E-state index contributed by atoms with van der Waals surface area (Å²) in [5, 5.41) is 14.1. The van der Waals surface area contributed by atoms with Gasteiger partial charge in [-0.1, -0.05) is 41.9 Å². The normalized spacial score (nSPS) is 14.9. The zero-order valence-electron chi connectivity index (χ0n) is 16.3. The van der Waals surface area contributed by atoms with Gasteiger partial charge in [0.2, 0.25) is 5.91 Å². The Morgan fingerprint density at radius 3 is 2.70 bits per heavy atom. The number of ether oxygens (including phenoxy) is 1. The van der Waals surface area contributed by atoms with Gasteiger partial charge in [0.05, 0.1) is 30.4 Å². The lowest BCUT2D eigenvalue weighted by Gasteiger charge is -2.31. The number of aromatic nitrogens is 1. The Balaban J connectivity index is 1.66. The minimum absolute atomic E-state index is 0.00124. The zero-order chi connectivity index (χ0) is 20.9. The van der Waals surface area contributed by atoms with Gasteiger partial charge in [0.25, 0.3) is 0 Å². The number of carbonyl (C=O) groups excluding carboxylic acids is 1. The first-order chi connectivity index (χ1) is 14.6. The molecule has 30 heavy (non-hydrogen) atoms. The van der Waals surface area contributed by atoms with Crippen LogP contribution in [0.5, 0.6) is 0 Å². The fraction of sp³-hybridized carbons (Fsp3) is 0.261. The summed E-state index contributed by atoms with van der Waals surface area (Å²) in [6, 6.07) is 18.5. The predicted molar refractivity (Wildman–Crippen MR) is 116 cm³/mol. The molecular weight excluding hydrogens is 400 g/mol. The number of amides is 1. The molecule has 1 N–H and O–H groups in total. The molecule has 0 saturated carbocycles. The van der Waals surface area contributed by atoms with Gasteiger partial charge in [0.15, 0.2) is 0 Å². The largest absolute Gasteiger partial charge is 0.378 e. The number of nitrogens with zero attached hydrogens (tertiary/aromatic N) is 3. The number of hydrogen-bond donors (Lipinski definition) is 1. The number of carbonyl (C=O) groups is 1. The Kier molecular flexibility index (Phi) is 6.12. The van der Waals surface area contributed by atoms with Crippen LogP contribution in [-0.2, 0) is 16.0 Å². The Bertz CT molecular complexity index is 1090. The maximum absolute atomic E-state index is 13.3. The molecule has 1 atom stereocenters. The van der Waals surface area contributed by atoms with Crippen LogP contribution in [-0.4, -0.2) is 48.1 Å². The average molecular weight is 421 g/mol. The number of benzene rings is 2. The molecule has 1 unspecified atom stereocenters. The number of nitrogens with one attached hydrogen (secondary N) is 1. The molecule has 0 bridgehead atoms.